The first-order valence-corrected chi connectivity index (χ1v) is 9.20. The molecule has 2 aromatic carbocycles. The van der Waals surface area contributed by atoms with Gasteiger partial charge in [0.25, 0.3) is 11.8 Å². The zero-order valence-electron chi connectivity index (χ0n) is 15.5. The van der Waals surface area contributed by atoms with Gasteiger partial charge in [0.1, 0.15) is 17.4 Å². The minimum atomic E-state index is -0.684. The van der Waals surface area contributed by atoms with Crippen molar-refractivity contribution < 1.29 is 23.1 Å². The van der Waals surface area contributed by atoms with Gasteiger partial charge in [0.15, 0.2) is 6.10 Å². The maximum Gasteiger partial charge on any atom is 0.263 e. The van der Waals surface area contributed by atoms with E-state index in [0.29, 0.717) is 37.2 Å². The molecule has 0 bridgehead atoms. The van der Waals surface area contributed by atoms with E-state index in [1.54, 1.807) is 11.8 Å². The molecule has 3 rings (SSSR count). The Balaban J connectivity index is 1.47. The smallest absolute Gasteiger partial charge is 0.263 e. The first-order chi connectivity index (χ1) is 13.4. The average molecular weight is 388 g/mol. The van der Waals surface area contributed by atoms with Crippen LogP contribution in [-0.4, -0.2) is 41.9 Å². The number of carbonyl (C=O) groups is 2. The molecule has 1 N–H and O–H groups in total. The Morgan fingerprint density at radius 3 is 2.11 bits per heavy atom. The summed E-state index contributed by atoms with van der Waals surface area (Å²) in [4.78, 5) is 26.5. The van der Waals surface area contributed by atoms with Gasteiger partial charge in [-0.3, -0.25) is 9.59 Å². The summed E-state index contributed by atoms with van der Waals surface area (Å²) in [7, 11) is 0. The Kier molecular flexibility index (Phi) is 6.23. The molecule has 0 radical (unpaired) electrons. The highest BCUT2D eigenvalue weighted by molar-refractivity contribution is 5.94. The van der Waals surface area contributed by atoms with E-state index < -0.39 is 6.10 Å². The second-order valence-corrected chi connectivity index (χ2v) is 6.79. The molecule has 2 amide bonds. The van der Waals surface area contributed by atoms with Gasteiger partial charge in [-0.1, -0.05) is 0 Å². The van der Waals surface area contributed by atoms with E-state index >= 15 is 0 Å². The average Bonchev–Trinajstić information content (AvgIpc) is 2.70. The van der Waals surface area contributed by atoms with Crippen LogP contribution in [0.1, 0.15) is 30.1 Å². The lowest BCUT2D eigenvalue weighted by Crippen LogP contribution is -2.49. The van der Waals surface area contributed by atoms with Crippen LogP contribution in [0.4, 0.5) is 8.78 Å². The number of benzene rings is 2. The van der Waals surface area contributed by atoms with Crippen LogP contribution in [0.2, 0.25) is 0 Å². The van der Waals surface area contributed by atoms with E-state index in [0.717, 1.165) is 0 Å². The highest BCUT2D eigenvalue weighted by atomic mass is 19.1. The van der Waals surface area contributed by atoms with E-state index in [1.165, 1.54) is 48.5 Å². The van der Waals surface area contributed by atoms with E-state index in [1.807, 2.05) is 0 Å². The van der Waals surface area contributed by atoms with Gasteiger partial charge in [-0.2, -0.15) is 0 Å². The van der Waals surface area contributed by atoms with E-state index in [9.17, 15) is 18.4 Å². The van der Waals surface area contributed by atoms with Gasteiger partial charge in [0.05, 0.1) is 0 Å². The van der Waals surface area contributed by atoms with Crippen LogP contribution in [0, 0.1) is 11.6 Å². The third kappa shape index (κ3) is 5.06. The van der Waals surface area contributed by atoms with Gasteiger partial charge in [0, 0.05) is 24.7 Å². The second-order valence-electron chi connectivity index (χ2n) is 6.79. The number of rotatable bonds is 5. The molecule has 0 saturated carbocycles. The molecule has 7 heteroatoms. The van der Waals surface area contributed by atoms with Crippen molar-refractivity contribution >= 4 is 11.8 Å². The number of nitrogens with one attached hydrogen (secondary N) is 1. The SMILES string of the molecule is CC(Oc1ccc(F)cc1)C(=O)N1CCC(NC(=O)c2ccc(F)cc2)CC1. The fourth-order valence-corrected chi connectivity index (χ4v) is 3.14. The molecule has 1 saturated heterocycles. The summed E-state index contributed by atoms with van der Waals surface area (Å²) in [6, 6.07) is 10.9. The molecular formula is C21H22F2N2O3. The number of ether oxygens (including phenoxy) is 1. The van der Waals surface area contributed by atoms with Crippen LogP contribution >= 0.6 is 0 Å². The van der Waals surface area contributed by atoms with Crippen molar-refractivity contribution in [3.63, 3.8) is 0 Å². The van der Waals surface area contributed by atoms with Crippen molar-refractivity contribution in [1.82, 2.24) is 10.2 Å². The predicted molar refractivity (Wildman–Crippen MR) is 100.0 cm³/mol. The number of hydrogen-bond donors (Lipinski definition) is 1. The predicted octanol–water partition coefficient (Wildman–Crippen LogP) is 3.15. The summed E-state index contributed by atoms with van der Waals surface area (Å²) in [5, 5.41) is 2.92. The number of piperidine rings is 1. The third-order valence-corrected chi connectivity index (χ3v) is 4.72. The van der Waals surface area contributed by atoms with Crippen LogP contribution in [0.3, 0.4) is 0 Å². The van der Waals surface area contributed by atoms with Gasteiger partial charge in [-0.25, -0.2) is 8.78 Å². The molecule has 1 aliphatic rings. The number of likely N-dealkylation sites (tertiary alicyclic amines) is 1. The number of halogens is 2. The van der Waals surface area contributed by atoms with E-state index in [-0.39, 0.29) is 29.5 Å². The van der Waals surface area contributed by atoms with Gasteiger partial charge in [0.2, 0.25) is 0 Å². The van der Waals surface area contributed by atoms with Crippen molar-refractivity contribution in [2.24, 2.45) is 0 Å². The largest absolute Gasteiger partial charge is 0.481 e. The molecular weight excluding hydrogens is 366 g/mol. The minimum Gasteiger partial charge on any atom is -0.481 e. The highest BCUT2D eigenvalue weighted by Crippen LogP contribution is 2.17. The maximum absolute atomic E-state index is 13.0. The third-order valence-electron chi connectivity index (χ3n) is 4.72. The standard InChI is InChI=1S/C21H22F2N2O3/c1-14(28-19-8-6-17(23)7-9-19)21(27)25-12-10-18(11-13-25)24-20(26)15-2-4-16(22)5-3-15/h2-9,14,18H,10-13H2,1H3,(H,24,26). The van der Waals surface area contributed by atoms with Gasteiger partial charge in [-0.15, -0.1) is 0 Å². The first-order valence-electron chi connectivity index (χ1n) is 9.20. The quantitative estimate of drug-likeness (QED) is 0.856. The lowest BCUT2D eigenvalue weighted by atomic mass is 10.0. The topological polar surface area (TPSA) is 58.6 Å². The molecule has 1 heterocycles. The van der Waals surface area contributed by atoms with Crippen LogP contribution in [-0.2, 0) is 4.79 Å². The molecule has 0 aromatic heterocycles. The highest BCUT2D eigenvalue weighted by Gasteiger charge is 2.27. The molecule has 1 atom stereocenters. The Labute approximate surface area is 162 Å². The molecule has 0 spiro atoms. The summed E-state index contributed by atoms with van der Waals surface area (Å²) >= 11 is 0. The minimum absolute atomic E-state index is 0.0464. The summed E-state index contributed by atoms with van der Waals surface area (Å²) in [5.74, 6) is -0.717. The van der Waals surface area contributed by atoms with Crippen molar-refractivity contribution in [1.29, 1.82) is 0 Å². The van der Waals surface area contributed by atoms with Crippen molar-refractivity contribution in [2.45, 2.75) is 31.9 Å². The summed E-state index contributed by atoms with van der Waals surface area (Å²) in [6.07, 6.45) is 0.569. The molecule has 148 valence electrons. The van der Waals surface area contributed by atoms with Gasteiger partial charge < -0.3 is 15.0 Å². The normalized spacial score (nSPS) is 15.8. The number of hydrogen-bond acceptors (Lipinski definition) is 3. The van der Waals surface area contributed by atoms with Crippen LogP contribution < -0.4 is 10.1 Å². The molecule has 2 aromatic rings. The zero-order chi connectivity index (χ0) is 20.1. The maximum atomic E-state index is 13.0. The molecule has 1 fully saturated rings. The lowest BCUT2D eigenvalue weighted by molar-refractivity contribution is -0.139. The van der Waals surface area contributed by atoms with Crippen LogP contribution in [0.5, 0.6) is 5.75 Å². The molecule has 0 aliphatic carbocycles. The Morgan fingerprint density at radius 2 is 1.54 bits per heavy atom. The van der Waals surface area contributed by atoms with Crippen LogP contribution in [0.25, 0.3) is 0 Å². The Morgan fingerprint density at radius 1 is 1.00 bits per heavy atom. The summed E-state index contributed by atoms with van der Waals surface area (Å²) in [5.41, 5.74) is 0.404. The number of nitrogens with zero attached hydrogens (tertiary/aromatic N) is 1. The van der Waals surface area contributed by atoms with Crippen molar-refractivity contribution in [3.05, 3.63) is 65.7 Å². The zero-order valence-corrected chi connectivity index (χ0v) is 15.5. The summed E-state index contributed by atoms with van der Waals surface area (Å²) in [6.45, 7) is 2.67. The summed E-state index contributed by atoms with van der Waals surface area (Å²) < 4.78 is 31.5. The fraction of sp³-hybridized carbons (Fsp3) is 0.333. The van der Waals surface area contributed by atoms with Crippen LogP contribution in [0.15, 0.2) is 48.5 Å². The van der Waals surface area contributed by atoms with Gasteiger partial charge >= 0.3 is 0 Å². The van der Waals surface area contributed by atoms with Crippen molar-refractivity contribution in [2.75, 3.05) is 13.1 Å². The lowest BCUT2D eigenvalue weighted by Gasteiger charge is -2.33. The number of carbonyl (C=O) groups excluding carboxylic acids is 2. The molecule has 1 aliphatic heterocycles. The Hall–Kier alpha value is -2.96. The van der Waals surface area contributed by atoms with E-state index in [4.69, 9.17) is 4.74 Å². The first kappa shape index (κ1) is 19.8. The molecule has 1 unspecified atom stereocenters. The monoisotopic (exact) mass is 388 g/mol. The molecule has 28 heavy (non-hydrogen) atoms. The van der Waals surface area contributed by atoms with E-state index in [2.05, 4.69) is 5.32 Å². The number of amides is 2. The van der Waals surface area contributed by atoms with Crippen molar-refractivity contribution in [3.8, 4) is 5.75 Å². The second kappa shape index (κ2) is 8.82. The molecule has 5 nitrogen and oxygen atoms in total. The van der Waals surface area contributed by atoms with Gasteiger partial charge in [-0.05, 0) is 68.3 Å². The Bertz CT molecular complexity index is 817. The fourth-order valence-electron chi connectivity index (χ4n) is 3.14.